The highest BCUT2D eigenvalue weighted by Crippen LogP contribution is 2.26. The summed E-state index contributed by atoms with van der Waals surface area (Å²) in [5.74, 6) is 2.59. The smallest absolute Gasteiger partial charge is 0.191 e. The Morgan fingerprint density at radius 2 is 2.19 bits per heavy atom. The molecule has 2 atom stereocenters. The number of guanidine groups is 1. The van der Waals surface area contributed by atoms with Crippen LogP contribution in [-0.2, 0) is 24.3 Å². The summed E-state index contributed by atoms with van der Waals surface area (Å²) in [6, 6.07) is 8.73. The molecule has 0 aliphatic carbocycles. The Morgan fingerprint density at radius 3 is 2.94 bits per heavy atom. The van der Waals surface area contributed by atoms with Gasteiger partial charge in [0.25, 0.3) is 0 Å². The number of nitrogens with one attached hydrogen (secondary N) is 2. The number of aryl methyl sites for hydroxylation is 1. The molecule has 1 aromatic carbocycles. The molecular weight excluding hydrogens is 414 g/mol. The predicted molar refractivity (Wildman–Crippen MR) is 122 cm³/mol. The number of methoxy groups -OCH3 is 1. The van der Waals surface area contributed by atoms with Gasteiger partial charge in [0.2, 0.25) is 0 Å². The maximum Gasteiger partial charge on any atom is 0.191 e. The summed E-state index contributed by atoms with van der Waals surface area (Å²) in [6.07, 6.45) is 4.38. The number of benzene rings is 1. The summed E-state index contributed by atoms with van der Waals surface area (Å²) in [7, 11) is 3.48. The number of fused-ring (bicyclic) bond motifs is 1. The molecule has 1 saturated heterocycles. The van der Waals surface area contributed by atoms with Crippen molar-refractivity contribution in [2.45, 2.75) is 50.9 Å². The number of ether oxygens (including phenoxy) is 1. The summed E-state index contributed by atoms with van der Waals surface area (Å²) in [4.78, 5) is 11.6. The largest absolute Gasteiger partial charge is 0.377 e. The Labute approximate surface area is 189 Å². The zero-order valence-corrected chi connectivity index (χ0v) is 19.1. The van der Waals surface area contributed by atoms with Crippen molar-refractivity contribution in [3.05, 3.63) is 46.5 Å². The molecule has 0 bridgehead atoms. The number of likely N-dealkylation sites (tertiary alicyclic amines) is 1. The summed E-state index contributed by atoms with van der Waals surface area (Å²) in [6.45, 7) is 4.23. The van der Waals surface area contributed by atoms with Gasteiger partial charge in [-0.05, 0) is 50.0 Å². The van der Waals surface area contributed by atoms with E-state index >= 15 is 0 Å². The highest BCUT2D eigenvalue weighted by atomic mass is 35.5. The van der Waals surface area contributed by atoms with Crippen molar-refractivity contribution in [2.24, 2.45) is 4.99 Å². The number of aromatic nitrogens is 3. The van der Waals surface area contributed by atoms with Crippen LogP contribution in [0.2, 0.25) is 5.02 Å². The van der Waals surface area contributed by atoms with Crippen molar-refractivity contribution < 1.29 is 4.74 Å². The zero-order valence-electron chi connectivity index (χ0n) is 18.4. The summed E-state index contributed by atoms with van der Waals surface area (Å²) in [5.41, 5.74) is 1.24. The van der Waals surface area contributed by atoms with E-state index in [-0.39, 0.29) is 12.1 Å². The Hall–Kier alpha value is -2.16. The molecule has 4 rings (SSSR count). The third kappa shape index (κ3) is 5.56. The lowest BCUT2D eigenvalue weighted by molar-refractivity contribution is 0.177. The lowest BCUT2D eigenvalue weighted by atomic mass is 10.1. The van der Waals surface area contributed by atoms with E-state index < -0.39 is 0 Å². The molecule has 2 aromatic rings. The van der Waals surface area contributed by atoms with Gasteiger partial charge in [0, 0.05) is 38.2 Å². The number of nitrogens with zero attached hydrogens (tertiary/aromatic N) is 5. The van der Waals surface area contributed by atoms with Gasteiger partial charge in [-0.1, -0.05) is 23.7 Å². The molecule has 2 unspecified atom stereocenters. The van der Waals surface area contributed by atoms with Crippen LogP contribution < -0.4 is 10.6 Å². The summed E-state index contributed by atoms with van der Waals surface area (Å²) < 4.78 is 7.15. The second-order valence-corrected chi connectivity index (χ2v) is 8.64. The van der Waals surface area contributed by atoms with E-state index in [1.165, 1.54) is 18.4 Å². The topological polar surface area (TPSA) is 79.6 Å². The molecule has 9 heteroatoms. The molecule has 31 heavy (non-hydrogen) atoms. The number of rotatable bonds is 7. The third-order valence-electron chi connectivity index (χ3n) is 6.02. The van der Waals surface area contributed by atoms with Crippen LogP contribution in [0.25, 0.3) is 0 Å². The fourth-order valence-corrected chi connectivity index (χ4v) is 4.67. The quantitative estimate of drug-likeness (QED) is 0.503. The van der Waals surface area contributed by atoms with Gasteiger partial charge in [-0.2, -0.15) is 5.10 Å². The van der Waals surface area contributed by atoms with Crippen LogP contribution in [0.15, 0.2) is 29.3 Å². The van der Waals surface area contributed by atoms with Crippen LogP contribution in [0.3, 0.4) is 0 Å². The second-order valence-electron chi connectivity index (χ2n) is 8.21. The average molecular weight is 446 g/mol. The van der Waals surface area contributed by atoms with Gasteiger partial charge in [-0.25, -0.2) is 9.67 Å². The van der Waals surface area contributed by atoms with Gasteiger partial charge in [0.05, 0.1) is 12.6 Å². The fraction of sp³-hybridized carbons (Fsp3) is 0.591. The van der Waals surface area contributed by atoms with Crippen molar-refractivity contribution in [3.63, 3.8) is 0 Å². The van der Waals surface area contributed by atoms with E-state index in [1.54, 1.807) is 7.11 Å². The summed E-state index contributed by atoms with van der Waals surface area (Å²) >= 11 is 6.28. The number of hydrogen-bond acceptors (Lipinski definition) is 5. The number of aliphatic imine (C=N–C) groups is 1. The van der Waals surface area contributed by atoms with Crippen LogP contribution in [0, 0.1) is 0 Å². The number of halogens is 1. The molecule has 168 valence electrons. The SMILES string of the molecule is CN=C(NCC(c1cccc(Cl)c1)N1CCCC1)NC1CCc2nc(COC)nn2C1. The minimum atomic E-state index is 0.257. The van der Waals surface area contributed by atoms with E-state index in [4.69, 9.17) is 16.3 Å². The van der Waals surface area contributed by atoms with E-state index in [0.29, 0.717) is 6.61 Å². The molecule has 0 radical (unpaired) electrons. The lowest BCUT2D eigenvalue weighted by Crippen LogP contribution is -2.49. The maximum atomic E-state index is 6.28. The second kappa shape index (κ2) is 10.4. The third-order valence-corrected chi connectivity index (χ3v) is 6.25. The lowest BCUT2D eigenvalue weighted by Gasteiger charge is -2.30. The summed E-state index contributed by atoms with van der Waals surface area (Å²) in [5, 5.41) is 12.5. The van der Waals surface area contributed by atoms with Crippen molar-refractivity contribution >= 4 is 17.6 Å². The average Bonchev–Trinajstić information content (AvgIpc) is 3.43. The first-order valence-corrected chi connectivity index (χ1v) is 11.4. The van der Waals surface area contributed by atoms with Crippen molar-refractivity contribution in [1.29, 1.82) is 0 Å². The number of hydrogen-bond donors (Lipinski definition) is 2. The van der Waals surface area contributed by atoms with Crippen molar-refractivity contribution in [1.82, 2.24) is 30.3 Å². The molecule has 2 aliphatic heterocycles. The standard InChI is InChI=1S/C22H32ClN7O/c1-24-22(26-18-8-9-21-27-20(15-31-2)28-30(21)14-18)25-13-19(29-10-3-4-11-29)16-6-5-7-17(23)12-16/h5-7,12,18-19H,3-4,8-11,13-15H2,1-2H3,(H2,24,25,26). The molecule has 1 fully saturated rings. The Kier molecular flexibility index (Phi) is 7.42. The first-order valence-electron chi connectivity index (χ1n) is 11.0. The molecule has 2 N–H and O–H groups in total. The molecule has 0 spiro atoms. The van der Waals surface area contributed by atoms with Gasteiger partial charge in [0.1, 0.15) is 12.4 Å². The van der Waals surface area contributed by atoms with E-state index in [0.717, 1.165) is 61.7 Å². The molecular formula is C22H32ClN7O. The van der Waals surface area contributed by atoms with Crippen LogP contribution in [0.5, 0.6) is 0 Å². The normalized spacial score (nSPS) is 20.5. The van der Waals surface area contributed by atoms with E-state index in [9.17, 15) is 0 Å². The zero-order chi connectivity index (χ0) is 21.6. The molecule has 2 aliphatic rings. The highest BCUT2D eigenvalue weighted by Gasteiger charge is 2.25. The first kappa shape index (κ1) is 22.0. The Bertz CT molecular complexity index is 894. The van der Waals surface area contributed by atoms with E-state index in [1.807, 2.05) is 23.9 Å². The van der Waals surface area contributed by atoms with Crippen LogP contribution in [0.1, 0.15) is 42.5 Å². The van der Waals surface area contributed by atoms with Gasteiger partial charge in [-0.15, -0.1) is 0 Å². The van der Waals surface area contributed by atoms with Gasteiger partial charge in [0.15, 0.2) is 11.8 Å². The van der Waals surface area contributed by atoms with Gasteiger partial charge < -0.3 is 15.4 Å². The maximum absolute atomic E-state index is 6.28. The van der Waals surface area contributed by atoms with Crippen molar-refractivity contribution in [2.75, 3.05) is 33.8 Å². The molecule has 0 saturated carbocycles. The molecule has 3 heterocycles. The molecule has 8 nitrogen and oxygen atoms in total. The predicted octanol–water partition coefficient (Wildman–Crippen LogP) is 2.39. The highest BCUT2D eigenvalue weighted by molar-refractivity contribution is 6.30. The van der Waals surface area contributed by atoms with Gasteiger partial charge in [-0.3, -0.25) is 9.89 Å². The van der Waals surface area contributed by atoms with Crippen LogP contribution >= 0.6 is 11.6 Å². The molecule has 0 amide bonds. The van der Waals surface area contributed by atoms with E-state index in [2.05, 4.69) is 42.7 Å². The monoisotopic (exact) mass is 445 g/mol. The van der Waals surface area contributed by atoms with Crippen LogP contribution in [-0.4, -0.2) is 65.5 Å². The van der Waals surface area contributed by atoms with Crippen LogP contribution in [0.4, 0.5) is 0 Å². The minimum absolute atomic E-state index is 0.257. The minimum Gasteiger partial charge on any atom is -0.377 e. The van der Waals surface area contributed by atoms with Gasteiger partial charge >= 0.3 is 0 Å². The van der Waals surface area contributed by atoms with Crippen molar-refractivity contribution in [3.8, 4) is 0 Å². The molecule has 1 aromatic heterocycles. The first-order chi connectivity index (χ1) is 15.2. The fourth-order valence-electron chi connectivity index (χ4n) is 4.47. The Balaban J connectivity index is 1.37. The Morgan fingerprint density at radius 1 is 1.35 bits per heavy atom.